The number of halogens is 5. The van der Waals surface area contributed by atoms with Gasteiger partial charge in [0.05, 0.1) is 12.2 Å². The zero-order valence-electron chi connectivity index (χ0n) is 19.0. The highest BCUT2D eigenvalue weighted by Crippen LogP contribution is 2.43. The highest BCUT2D eigenvalue weighted by molar-refractivity contribution is 6.30. The Kier molecular flexibility index (Phi) is 5.48. The molecule has 1 saturated carbocycles. The molecule has 0 spiro atoms. The van der Waals surface area contributed by atoms with Gasteiger partial charge in [-0.2, -0.15) is 13.2 Å². The summed E-state index contributed by atoms with van der Waals surface area (Å²) < 4.78 is 57.8. The molecule has 184 valence electrons. The lowest BCUT2D eigenvalue weighted by molar-refractivity contribution is -0.224. The molecule has 3 heterocycles. The number of likely N-dealkylation sites (tertiary alicyclic amines) is 1. The van der Waals surface area contributed by atoms with Crippen molar-refractivity contribution < 1.29 is 22.4 Å². The van der Waals surface area contributed by atoms with Crippen LogP contribution in [0, 0.1) is 0 Å². The molecule has 2 fully saturated rings. The lowest BCUT2D eigenvalue weighted by Gasteiger charge is -2.38. The van der Waals surface area contributed by atoms with Gasteiger partial charge >= 0.3 is 6.18 Å². The number of amides is 1. The van der Waals surface area contributed by atoms with Gasteiger partial charge in [0, 0.05) is 30.6 Å². The molecule has 1 saturated heterocycles. The fraction of sp³-hybridized carbons (Fsp3) is 0.609. The predicted octanol–water partition coefficient (Wildman–Crippen LogP) is 4.79. The normalized spacial score (nSPS) is 21.1. The van der Waals surface area contributed by atoms with Gasteiger partial charge in [-0.25, -0.2) is 4.39 Å². The highest BCUT2D eigenvalue weighted by atomic mass is 35.5. The summed E-state index contributed by atoms with van der Waals surface area (Å²) in [5.41, 5.74) is -2.42. The van der Waals surface area contributed by atoms with E-state index in [0.717, 1.165) is 13.8 Å². The Morgan fingerprint density at radius 3 is 2.41 bits per heavy atom. The number of fused-ring (bicyclic) bond motifs is 3. The molecule has 0 bridgehead atoms. The first-order valence-corrected chi connectivity index (χ1v) is 11.8. The maximum absolute atomic E-state index is 14.2. The average Bonchev–Trinajstić information content (AvgIpc) is 3.44. The van der Waals surface area contributed by atoms with Gasteiger partial charge in [0.2, 0.25) is 0 Å². The number of nitrogens with zero attached hydrogens (tertiary/aromatic N) is 5. The van der Waals surface area contributed by atoms with Crippen LogP contribution in [0.15, 0.2) is 18.2 Å². The quantitative estimate of drug-likeness (QED) is 0.570. The number of hydrogen-bond donors (Lipinski definition) is 0. The monoisotopic (exact) mass is 499 g/mol. The molecule has 2 aromatic rings. The summed E-state index contributed by atoms with van der Waals surface area (Å²) in [7, 11) is 0. The van der Waals surface area contributed by atoms with E-state index in [2.05, 4.69) is 10.2 Å². The minimum atomic E-state index is -4.45. The van der Waals surface area contributed by atoms with Gasteiger partial charge in [-0.1, -0.05) is 11.6 Å². The lowest BCUT2D eigenvalue weighted by atomic mass is 9.95. The number of rotatable bonds is 3. The molecular weight excluding hydrogens is 474 g/mol. The van der Waals surface area contributed by atoms with E-state index in [0.29, 0.717) is 53.9 Å². The Morgan fingerprint density at radius 1 is 1.12 bits per heavy atom. The van der Waals surface area contributed by atoms with Crippen LogP contribution in [0.25, 0.3) is 5.69 Å². The van der Waals surface area contributed by atoms with Gasteiger partial charge in [0.15, 0.2) is 11.5 Å². The van der Waals surface area contributed by atoms with E-state index in [9.17, 15) is 22.4 Å². The minimum absolute atomic E-state index is 0.0342. The zero-order valence-corrected chi connectivity index (χ0v) is 19.8. The van der Waals surface area contributed by atoms with Crippen LogP contribution >= 0.6 is 11.6 Å². The second kappa shape index (κ2) is 7.91. The van der Waals surface area contributed by atoms with Gasteiger partial charge in [0.1, 0.15) is 11.4 Å². The Morgan fingerprint density at radius 2 is 1.79 bits per heavy atom. The van der Waals surface area contributed by atoms with Crippen molar-refractivity contribution in [1.29, 1.82) is 0 Å². The molecule has 2 aliphatic heterocycles. The van der Waals surface area contributed by atoms with E-state index in [-0.39, 0.29) is 31.8 Å². The molecule has 0 radical (unpaired) electrons. The maximum atomic E-state index is 14.2. The molecule has 3 aliphatic rings. The van der Waals surface area contributed by atoms with Gasteiger partial charge < -0.3 is 4.90 Å². The first-order valence-electron chi connectivity index (χ1n) is 11.4. The van der Waals surface area contributed by atoms with Crippen LogP contribution < -0.4 is 0 Å². The van der Waals surface area contributed by atoms with Crippen LogP contribution in [-0.4, -0.2) is 60.9 Å². The van der Waals surface area contributed by atoms with Gasteiger partial charge in [-0.05, 0) is 63.3 Å². The third-order valence-corrected chi connectivity index (χ3v) is 7.67. The van der Waals surface area contributed by atoms with Crippen molar-refractivity contribution >= 4 is 17.5 Å². The molecule has 0 atom stereocenters. The first kappa shape index (κ1) is 23.5. The van der Waals surface area contributed by atoms with Crippen LogP contribution in [0.3, 0.4) is 0 Å². The molecule has 0 N–H and O–H groups in total. The summed E-state index contributed by atoms with van der Waals surface area (Å²) >= 11 is 6.21. The van der Waals surface area contributed by atoms with Crippen molar-refractivity contribution in [3.05, 3.63) is 40.4 Å². The standard InChI is InChI=1S/C23H26ClF4N5O/c1-21(2,23(26,27)28)32-12-15-11-16(24)3-4-17(15)33-18(13-32)29-30-19(33)14-5-9-31(10-6-14)20(34)22(25)7-8-22/h3-4,11,14H,5-10,12-13H2,1-2H3. The van der Waals surface area contributed by atoms with Crippen molar-refractivity contribution in [2.24, 2.45) is 0 Å². The van der Waals surface area contributed by atoms with Crippen molar-refractivity contribution in [1.82, 2.24) is 24.6 Å². The molecule has 1 aromatic heterocycles. The largest absolute Gasteiger partial charge is 0.406 e. The smallest absolute Gasteiger partial charge is 0.340 e. The average molecular weight is 500 g/mol. The molecule has 11 heteroatoms. The number of carbonyl (C=O) groups excluding carboxylic acids is 1. The van der Waals surface area contributed by atoms with Crippen LogP contribution in [0.2, 0.25) is 5.02 Å². The van der Waals surface area contributed by atoms with E-state index in [1.54, 1.807) is 23.1 Å². The van der Waals surface area contributed by atoms with Crippen LogP contribution in [0.4, 0.5) is 17.6 Å². The molecular formula is C23H26ClF4N5O. The number of aromatic nitrogens is 3. The number of alkyl halides is 4. The molecule has 1 aromatic carbocycles. The summed E-state index contributed by atoms with van der Waals surface area (Å²) in [4.78, 5) is 15.3. The number of hydrogen-bond acceptors (Lipinski definition) is 4. The van der Waals surface area contributed by atoms with E-state index in [1.807, 2.05) is 4.57 Å². The third-order valence-electron chi connectivity index (χ3n) is 7.43. The van der Waals surface area contributed by atoms with Gasteiger partial charge in [-0.3, -0.25) is 14.3 Å². The van der Waals surface area contributed by atoms with E-state index < -0.39 is 23.3 Å². The van der Waals surface area contributed by atoms with E-state index in [1.165, 1.54) is 4.90 Å². The van der Waals surface area contributed by atoms with Crippen LogP contribution in [0.5, 0.6) is 0 Å². The lowest BCUT2D eigenvalue weighted by Crippen LogP contribution is -2.53. The second-order valence-corrected chi connectivity index (χ2v) is 10.5. The minimum Gasteiger partial charge on any atom is -0.340 e. The van der Waals surface area contributed by atoms with Crippen molar-refractivity contribution in [2.75, 3.05) is 13.1 Å². The number of benzene rings is 1. The highest BCUT2D eigenvalue weighted by Gasteiger charge is 2.54. The molecule has 1 aliphatic carbocycles. The fourth-order valence-electron chi connectivity index (χ4n) is 4.81. The van der Waals surface area contributed by atoms with Gasteiger partial charge in [-0.15, -0.1) is 10.2 Å². The van der Waals surface area contributed by atoms with Crippen molar-refractivity contribution in [3.8, 4) is 5.69 Å². The Hall–Kier alpha value is -2.20. The Labute approximate surface area is 199 Å². The van der Waals surface area contributed by atoms with Gasteiger partial charge in [0.25, 0.3) is 5.91 Å². The predicted molar refractivity (Wildman–Crippen MR) is 117 cm³/mol. The summed E-state index contributed by atoms with van der Waals surface area (Å²) in [6.07, 6.45) is -2.71. The Bertz CT molecular complexity index is 1120. The maximum Gasteiger partial charge on any atom is 0.406 e. The third kappa shape index (κ3) is 3.88. The molecule has 1 amide bonds. The van der Waals surface area contributed by atoms with Crippen molar-refractivity contribution in [2.45, 2.75) is 75.9 Å². The molecule has 6 nitrogen and oxygen atoms in total. The fourth-order valence-corrected chi connectivity index (χ4v) is 5.01. The summed E-state index contributed by atoms with van der Waals surface area (Å²) in [6.45, 7) is 3.17. The Balaban J connectivity index is 1.47. The number of piperidine rings is 1. The molecule has 34 heavy (non-hydrogen) atoms. The molecule has 0 unspecified atom stereocenters. The zero-order chi connectivity index (χ0) is 24.5. The second-order valence-electron chi connectivity index (χ2n) is 10.0. The van der Waals surface area contributed by atoms with E-state index in [4.69, 9.17) is 11.6 Å². The molecule has 5 rings (SSSR count). The SMILES string of the molecule is CC(C)(N1Cc2cc(Cl)ccc2-n2c(nnc2C2CCN(C(=O)C3(F)CC3)CC2)C1)C(F)(F)F. The van der Waals surface area contributed by atoms with Crippen LogP contribution in [-0.2, 0) is 17.9 Å². The summed E-state index contributed by atoms with van der Waals surface area (Å²) in [5.74, 6) is 0.591. The summed E-state index contributed by atoms with van der Waals surface area (Å²) in [6, 6.07) is 5.18. The first-order chi connectivity index (χ1) is 15.9. The van der Waals surface area contributed by atoms with Crippen molar-refractivity contribution in [3.63, 3.8) is 0 Å². The van der Waals surface area contributed by atoms with E-state index >= 15 is 0 Å². The van der Waals surface area contributed by atoms with Crippen LogP contribution in [0.1, 0.15) is 62.7 Å². The number of carbonyl (C=O) groups is 1. The topological polar surface area (TPSA) is 54.3 Å². The summed E-state index contributed by atoms with van der Waals surface area (Å²) in [5, 5.41) is 9.12.